The van der Waals surface area contributed by atoms with E-state index in [0.29, 0.717) is 71.6 Å². The van der Waals surface area contributed by atoms with Crippen LogP contribution in [0.4, 0.5) is 24.7 Å². The molecule has 0 aliphatic carbocycles. The van der Waals surface area contributed by atoms with Gasteiger partial charge in [-0.1, -0.05) is 47.5 Å². The minimum Gasteiger partial charge on any atom is -0.434 e. The Bertz CT molecular complexity index is 1880. The van der Waals surface area contributed by atoms with E-state index in [0.717, 1.165) is 6.42 Å². The predicted molar refractivity (Wildman–Crippen MR) is 185 cm³/mol. The molecule has 2 aliphatic heterocycles. The molecule has 262 valence electrons. The molecule has 2 saturated heterocycles. The van der Waals surface area contributed by atoms with Crippen LogP contribution in [0.5, 0.6) is 5.75 Å². The summed E-state index contributed by atoms with van der Waals surface area (Å²) in [5.41, 5.74) is 3.05. The van der Waals surface area contributed by atoms with Crippen molar-refractivity contribution >= 4 is 46.5 Å². The third-order valence-corrected chi connectivity index (χ3v) is 9.33. The lowest BCUT2D eigenvalue weighted by molar-refractivity contribution is -0.120. The minimum atomic E-state index is -3.06. The summed E-state index contributed by atoms with van der Waals surface area (Å²) in [6, 6.07) is 13.2. The Morgan fingerprint density at radius 1 is 0.840 bits per heavy atom. The first-order chi connectivity index (χ1) is 24.2. The highest BCUT2D eigenvalue weighted by Gasteiger charge is 2.23. The average Bonchev–Trinajstić information content (AvgIpc) is 3.71. The van der Waals surface area contributed by atoms with Gasteiger partial charge in [0.25, 0.3) is 0 Å². The van der Waals surface area contributed by atoms with Crippen LogP contribution in [-0.4, -0.2) is 53.6 Å². The number of hydrogen-bond acceptors (Lipinski definition) is 8. The van der Waals surface area contributed by atoms with Gasteiger partial charge in [0.15, 0.2) is 11.6 Å². The Kier molecular flexibility index (Phi) is 11.4. The van der Waals surface area contributed by atoms with Gasteiger partial charge < -0.3 is 31.3 Å². The van der Waals surface area contributed by atoms with Crippen molar-refractivity contribution in [3.05, 3.63) is 87.9 Å². The number of benzene rings is 2. The quantitative estimate of drug-likeness (QED) is 0.102. The van der Waals surface area contributed by atoms with Crippen LogP contribution in [0.15, 0.2) is 60.9 Å². The van der Waals surface area contributed by atoms with E-state index >= 15 is 4.39 Å². The van der Waals surface area contributed by atoms with Gasteiger partial charge >= 0.3 is 6.61 Å². The highest BCUT2D eigenvalue weighted by molar-refractivity contribution is 6.39. The first kappa shape index (κ1) is 35.4. The van der Waals surface area contributed by atoms with E-state index in [9.17, 15) is 18.4 Å². The molecule has 2 amide bonds. The van der Waals surface area contributed by atoms with Gasteiger partial charge in [-0.25, -0.2) is 9.37 Å². The zero-order valence-corrected chi connectivity index (χ0v) is 28.2. The number of anilines is 2. The lowest BCUT2D eigenvalue weighted by Crippen LogP contribution is -2.35. The van der Waals surface area contributed by atoms with Crippen molar-refractivity contribution in [2.24, 2.45) is 0 Å². The number of ether oxygens (including phenoxy) is 1. The second-order valence-corrected chi connectivity index (χ2v) is 12.8. The molecular weight excluding hydrogens is 694 g/mol. The maximum Gasteiger partial charge on any atom is 0.387 e. The molecule has 10 nitrogen and oxygen atoms in total. The number of alkyl halides is 2. The number of rotatable bonds is 14. The molecule has 0 saturated carbocycles. The first-order valence-corrected chi connectivity index (χ1v) is 16.8. The second-order valence-electron chi connectivity index (χ2n) is 12.0. The fraction of sp³-hybridized carbons (Fsp3) is 0.314. The van der Waals surface area contributed by atoms with E-state index in [1.807, 2.05) is 0 Å². The molecule has 50 heavy (non-hydrogen) atoms. The normalized spacial score (nSPS) is 17.2. The maximum absolute atomic E-state index is 15.5. The first-order valence-electron chi connectivity index (χ1n) is 16.1. The van der Waals surface area contributed by atoms with Gasteiger partial charge in [-0.2, -0.15) is 8.78 Å². The summed E-state index contributed by atoms with van der Waals surface area (Å²) in [4.78, 5) is 31.5. The van der Waals surface area contributed by atoms with Crippen LogP contribution in [0.1, 0.15) is 36.8 Å². The lowest BCUT2D eigenvalue weighted by Gasteiger charge is -2.17. The van der Waals surface area contributed by atoms with Crippen LogP contribution in [0, 0.1) is 5.82 Å². The molecule has 0 radical (unpaired) electrons. The van der Waals surface area contributed by atoms with Crippen molar-refractivity contribution in [1.82, 2.24) is 31.2 Å². The molecular formula is C35H34Cl2F3N7O3. The van der Waals surface area contributed by atoms with Gasteiger partial charge in [-0.3, -0.25) is 14.6 Å². The van der Waals surface area contributed by atoms with E-state index in [1.54, 1.807) is 42.5 Å². The van der Waals surface area contributed by atoms with Crippen molar-refractivity contribution in [2.45, 2.75) is 57.5 Å². The molecule has 2 unspecified atom stereocenters. The van der Waals surface area contributed by atoms with Crippen molar-refractivity contribution in [3.63, 3.8) is 0 Å². The SMILES string of the molecule is O=C1CCC(CNCc2ccc(-c3nccc(-c4cccc(Nc5nccc(CNCC6CCC(=O)N6)c5F)c4Cl)c3Cl)cc2OC(F)F)N1. The van der Waals surface area contributed by atoms with Gasteiger partial charge in [0, 0.05) is 91.3 Å². The van der Waals surface area contributed by atoms with E-state index < -0.39 is 12.4 Å². The van der Waals surface area contributed by atoms with Crippen LogP contribution < -0.4 is 31.3 Å². The molecule has 2 atom stereocenters. The van der Waals surface area contributed by atoms with Crippen LogP contribution in [-0.2, 0) is 22.7 Å². The zero-order chi connectivity index (χ0) is 35.2. The summed E-state index contributed by atoms with van der Waals surface area (Å²) in [7, 11) is 0. The maximum atomic E-state index is 15.5. The van der Waals surface area contributed by atoms with Crippen molar-refractivity contribution in [2.75, 3.05) is 18.4 Å². The number of nitrogens with zero attached hydrogens (tertiary/aromatic N) is 2. The van der Waals surface area contributed by atoms with Gasteiger partial charge in [0.2, 0.25) is 11.8 Å². The lowest BCUT2D eigenvalue weighted by atomic mass is 10.0. The minimum absolute atomic E-state index is 0.00695. The van der Waals surface area contributed by atoms with E-state index in [4.69, 9.17) is 27.9 Å². The summed E-state index contributed by atoms with van der Waals surface area (Å²) in [5.74, 6) is -0.597. The van der Waals surface area contributed by atoms with Gasteiger partial charge in [-0.05, 0) is 37.1 Å². The molecule has 2 aliphatic rings. The highest BCUT2D eigenvalue weighted by atomic mass is 35.5. The third kappa shape index (κ3) is 8.47. The van der Waals surface area contributed by atoms with Gasteiger partial charge in [0.1, 0.15) is 5.75 Å². The standard InChI is InChI=1S/C35H34Cl2F3N7O3/c36-30-24(2-1-3-26(30)47-34-32(38)21(10-12-44-34)16-42-18-23-7-9-29(49)46-23)25-11-13-43-33(31(25)37)19-4-5-20(27(14-19)50-35(39)40)15-41-17-22-6-8-28(48)45-22/h1-5,10-14,22-23,35,41-42H,6-9,15-18H2,(H,44,47)(H,45,48)(H,46,49). The number of aromatic nitrogens is 2. The molecule has 15 heteroatoms. The molecule has 4 heterocycles. The van der Waals surface area contributed by atoms with Crippen LogP contribution in [0.25, 0.3) is 22.4 Å². The average molecular weight is 729 g/mol. The molecule has 0 spiro atoms. The van der Waals surface area contributed by atoms with Crippen LogP contribution >= 0.6 is 23.2 Å². The Hall–Kier alpha value is -4.43. The topological polar surface area (TPSA) is 129 Å². The van der Waals surface area contributed by atoms with E-state index in [2.05, 4.69) is 36.6 Å². The number of amides is 2. The van der Waals surface area contributed by atoms with Crippen molar-refractivity contribution < 1.29 is 27.5 Å². The number of halogens is 5. The van der Waals surface area contributed by atoms with Crippen LogP contribution in [0.2, 0.25) is 10.0 Å². The van der Waals surface area contributed by atoms with Gasteiger partial charge in [0.05, 0.1) is 21.4 Å². The number of carbonyl (C=O) groups excluding carboxylic acids is 2. The predicted octanol–water partition coefficient (Wildman–Crippen LogP) is 6.34. The number of pyridine rings is 2. The second kappa shape index (κ2) is 16.1. The summed E-state index contributed by atoms with van der Waals surface area (Å²) in [6.07, 6.45) is 5.41. The van der Waals surface area contributed by atoms with Crippen LogP contribution in [0.3, 0.4) is 0 Å². The summed E-state index contributed by atoms with van der Waals surface area (Å²) in [5, 5.41) is 15.6. The molecule has 2 fully saturated rings. The smallest absolute Gasteiger partial charge is 0.387 e. The molecule has 5 N–H and O–H groups in total. The Morgan fingerprint density at radius 2 is 1.50 bits per heavy atom. The molecule has 4 aromatic rings. The highest BCUT2D eigenvalue weighted by Crippen LogP contribution is 2.42. The molecule has 6 rings (SSSR count). The fourth-order valence-electron chi connectivity index (χ4n) is 6.00. The molecule has 0 bridgehead atoms. The monoisotopic (exact) mass is 727 g/mol. The summed E-state index contributed by atoms with van der Waals surface area (Å²) < 4.78 is 47.2. The van der Waals surface area contributed by atoms with Gasteiger partial charge in [-0.15, -0.1) is 0 Å². The Balaban J connectivity index is 1.19. The van der Waals surface area contributed by atoms with Crippen molar-refractivity contribution in [3.8, 4) is 28.1 Å². The largest absolute Gasteiger partial charge is 0.434 e. The Labute approximate surface area is 296 Å². The number of nitrogens with one attached hydrogen (secondary N) is 5. The summed E-state index contributed by atoms with van der Waals surface area (Å²) in [6.45, 7) is -1.58. The zero-order valence-electron chi connectivity index (χ0n) is 26.7. The number of hydrogen-bond donors (Lipinski definition) is 5. The van der Waals surface area contributed by atoms with Crippen molar-refractivity contribution in [1.29, 1.82) is 0 Å². The number of carbonyl (C=O) groups is 2. The Morgan fingerprint density at radius 3 is 2.16 bits per heavy atom. The molecule has 2 aromatic carbocycles. The third-order valence-electron chi connectivity index (χ3n) is 8.54. The summed E-state index contributed by atoms with van der Waals surface area (Å²) >= 11 is 13.8. The van der Waals surface area contributed by atoms with E-state index in [1.165, 1.54) is 18.5 Å². The van der Waals surface area contributed by atoms with E-state index in [-0.39, 0.29) is 58.6 Å². The molecule has 2 aromatic heterocycles. The fourth-order valence-corrected chi connectivity index (χ4v) is 6.60.